The van der Waals surface area contributed by atoms with Gasteiger partial charge in [-0.25, -0.2) is 0 Å². The highest BCUT2D eigenvalue weighted by atomic mass is 35.5. The molecule has 0 radical (unpaired) electrons. The Morgan fingerprint density at radius 3 is 2.71 bits per heavy atom. The van der Waals surface area contributed by atoms with Crippen LogP contribution in [0, 0.1) is 5.92 Å². The lowest BCUT2D eigenvalue weighted by Gasteiger charge is -2.35. The van der Waals surface area contributed by atoms with Gasteiger partial charge in [0.2, 0.25) is 5.22 Å². The van der Waals surface area contributed by atoms with Crippen molar-refractivity contribution in [2.24, 2.45) is 5.92 Å². The molecule has 2 rings (SSSR count). The highest BCUT2D eigenvalue weighted by Crippen LogP contribution is 2.17. The van der Waals surface area contributed by atoms with E-state index in [0.29, 0.717) is 24.1 Å². The summed E-state index contributed by atoms with van der Waals surface area (Å²) in [5.74, 6) is 0.392. The van der Waals surface area contributed by atoms with E-state index < -0.39 is 0 Å². The predicted molar refractivity (Wildman–Crippen MR) is 81.7 cm³/mol. The van der Waals surface area contributed by atoms with Gasteiger partial charge in [-0.1, -0.05) is 13.8 Å². The topological polar surface area (TPSA) is 54.7 Å². The fourth-order valence-electron chi connectivity index (χ4n) is 2.61. The standard InChI is InChI=1S/C15H23ClN2O3/c1-11(2)9-12(18-4-7-20-8-5-18)10-17-15(19)13-3-6-21-14(13)16/h3,6,11-12H,4-5,7-10H2,1-2H3,(H,17,19). The first-order valence-electron chi connectivity index (χ1n) is 7.41. The second-order valence-corrected chi connectivity index (χ2v) is 6.09. The Hall–Kier alpha value is -1.04. The van der Waals surface area contributed by atoms with Crippen LogP contribution >= 0.6 is 11.6 Å². The highest BCUT2D eigenvalue weighted by molar-refractivity contribution is 6.32. The molecule has 0 saturated carbocycles. The van der Waals surface area contributed by atoms with Crippen LogP contribution < -0.4 is 5.32 Å². The fourth-order valence-corrected chi connectivity index (χ4v) is 2.81. The van der Waals surface area contributed by atoms with Gasteiger partial charge in [-0.05, 0) is 30.0 Å². The molecule has 0 spiro atoms. The van der Waals surface area contributed by atoms with Crippen LogP contribution in [0.5, 0.6) is 0 Å². The van der Waals surface area contributed by atoms with Crippen LogP contribution in [0.3, 0.4) is 0 Å². The third-order valence-corrected chi connectivity index (χ3v) is 3.96. The molecule has 1 unspecified atom stereocenters. The lowest BCUT2D eigenvalue weighted by molar-refractivity contribution is 0.0124. The van der Waals surface area contributed by atoms with Gasteiger partial charge in [0.25, 0.3) is 5.91 Å². The zero-order chi connectivity index (χ0) is 15.2. The zero-order valence-electron chi connectivity index (χ0n) is 12.6. The lowest BCUT2D eigenvalue weighted by atomic mass is 10.0. The normalized spacial score (nSPS) is 17.9. The van der Waals surface area contributed by atoms with E-state index in [1.165, 1.54) is 6.26 Å². The van der Waals surface area contributed by atoms with E-state index in [-0.39, 0.29) is 11.1 Å². The third-order valence-electron chi connectivity index (χ3n) is 3.67. The minimum atomic E-state index is -0.184. The number of halogens is 1. The molecule has 6 heteroatoms. The van der Waals surface area contributed by atoms with Crippen LogP contribution in [0.15, 0.2) is 16.7 Å². The first-order valence-corrected chi connectivity index (χ1v) is 7.78. The Kier molecular flexibility index (Phi) is 6.08. The van der Waals surface area contributed by atoms with E-state index in [9.17, 15) is 4.79 Å². The largest absolute Gasteiger partial charge is 0.452 e. The van der Waals surface area contributed by atoms with E-state index in [1.54, 1.807) is 6.07 Å². The van der Waals surface area contributed by atoms with Crippen molar-refractivity contribution in [2.45, 2.75) is 26.3 Å². The molecule has 1 aliphatic rings. The molecule has 1 aromatic rings. The Morgan fingerprint density at radius 2 is 2.14 bits per heavy atom. The van der Waals surface area contributed by atoms with Crippen molar-refractivity contribution in [3.8, 4) is 0 Å². The Bertz CT molecular complexity index is 456. The first kappa shape index (κ1) is 16.3. The van der Waals surface area contributed by atoms with Crippen LogP contribution in [-0.2, 0) is 4.74 Å². The quantitative estimate of drug-likeness (QED) is 0.876. The van der Waals surface area contributed by atoms with Gasteiger partial charge in [0.05, 0.1) is 25.0 Å². The average molecular weight is 315 g/mol. The number of amides is 1. The Labute approximate surface area is 130 Å². The minimum absolute atomic E-state index is 0.138. The van der Waals surface area contributed by atoms with Crippen molar-refractivity contribution in [1.82, 2.24) is 10.2 Å². The molecule has 1 N–H and O–H groups in total. The lowest BCUT2D eigenvalue weighted by Crippen LogP contribution is -2.49. The predicted octanol–water partition coefficient (Wildman–Crippen LogP) is 2.41. The van der Waals surface area contributed by atoms with Gasteiger partial charge < -0.3 is 14.5 Å². The van der Waals surface area contributed by atoms with Crippen molar-refractivity contribution in [3.05, 3.63) is 23.1 Å². The van der Waals surface area contributed by atoms with Crippen molar-refractivity contribution >= 4 is 17.5 Å². The molecule has 1 aliphatic heterocycles. The number of carbonyl (C=O) groups excluding carboxylic acids is 1. The molecular formula is C15H23ClN2O3. The maximum atomic E-state index is 12.1. The van der Waals surface area contributed by atoms with Crippen molar-refractivity contribution < 1.29 is 13.9 Å². The van der Waals surface area contributed by atoms with E-state index in [1.807, 2.05) is 0 Å². The Balaban J connectivity index is 1.92. The zero-order valence-corrected chi connectivity index (χ0v) is 13.4. The summed E-state index contributed by atoms with van der Waals surface area (Å²) in [6.45, 7) is 8.36. The molecule has 2 heterocycles. The van der Waals surface area contributed by atoms with E-state index >= 15 is 0 Å². The molecule has 1 saturated heterocycles. The molecule has 1 fully saturated rings. The number of morpholine rings is 1. The summed E-state index contributed by atoms with van der Waals surface area (Å²) in [6.07, 6.45) is 2.46. The number of carbonyl (C=O) groups is 1. The van der Waals surface area contributed by atoms with Crippen LogP contribution in [0.2, 0.25) is 5.22 Å². The smallest absolute Gasteiger partial charge is 0.256 e. The van der Waals surface area contributed by atoms with E-state index in [0.717, 1.165) is 32.7 Å². The van der Waals surface area contributed by atoms with Crippen LogP contribution in [0.25, 0.3) is 0 Å². The van der Waals surface area contributed by atoms with Gasteiger partial charge in [-0.15, -0.1) is 0 Å². The number of rotatable bonds is 6. The maximum absolute atomic E-state index is 12.1. The Morgan fingerprint density at radius 1 is 1.43 bits per heavy atom. The van der Waals surface area contributed by atoms with Crippen molar-refractivity contribution in [3.63, 3.8) is 0 Å². The molecule has 21 heavy (non-hydrogen) atoms. The molecule has 118 valence electrons. The van der Waals surface area contributed by atoms with Gasteiger partial charge in [0.1, 0.15) is 0 Å². The summed E-state index contributed by atoms with van der Waals surface area (Å²) in [4.78, 5) is 14.5. The minimum Gasteiger partial charge on any atom is -0.452 e. The molecule has 1 amide bonds. The van der Waals surface area contributed by atoms with Crippen molar-refractivity contribution in [2.75, 3.05) is 32.8 Å². The molecular weight excluding hydrogens is 292 g/mol. The molecule has 0 aromatic carbocycles. The SMILES string of the molecule is CC(C)CC(CNC(=O)c1ccoc1Cl)N1CCOCC1. The third kappa shape index (κ3) is 4.73. The van der Waals surface area contributed by atoms with Crippen LogP contribution in [-0.4, -0.2) is 49.7 Å². The fraction of sp³-hybridized carbons (Fsp3) is 0.667. The number of ether oxygens (including phenoxy) is 1. The van der Waals surface area contributed by atoms with E-state index in [2.05, 4.69) is 24.1 Å². The summed E-state index contributed by atoms with van der Waals surface area (Å²) in [6, 6.07) is 1.91. The van der Waals surface area contributed by atoms with Gasteiger partial charge in [0.15, 0.2) is 0 Å². The monoisotopic (exact) mass is 314 g/mol. The summed E-state index contributed by atoms with van der Waals surface area (Å²) in [7, 11) is 0. The van der Waals surface area contributed by atoms with Gasteiger partial charge >= 0.3 is 0 Å². The molecule has 1 aromatic heterocycles. The van der Waals surface area contributed by atoms with Gasteiger partial charge in [0, 0.05) is 25.7 Å². The molecule has 1 atom stereocenters. The molecule has 0 aliphatic carbocycles. The summed E-state index contributed by atoms with van der Waals surface area (Å²) >= 11 is 5.83. The number of furan rings is 1. The van der Waals surface area contributed by atoms with Crippen molar-refractivity contribution in [1.29, 1.82) is 0 Å². The summed E-state index contributed by atoms with van der Waals surface area (Å²) in [5.41, 5.74) is 0.391. The molecule has 5 nitrogen and oxygen atoms in total. The number of nitrogens with zero attached hydrogens (tertiary/aromatic N) is 1. The maximum Gasteiger partial charge on any atom is 0.256 e. The van der Waals surface area contributed by atoms with Gasteiger partial charge in [-0.3, -0.25) is 9.69 Å². The summed E-state index contributed by atoms with van der Waals surface area (Å²) < 4.78 is 10.3. The number of hydrogen-bond acceptors (Lipinski definition) is 4. The second-order valence-electron chi connectivity index (χ2n) is 5.75. The average Bonchev–Trinajstić information content (AvgIpc) is 2.90. The molecule has 0 bridgehead atoms. The van der Waals surface area contributed by atoms with Gasteiger partial charge in [-0.2, -0.15) is 0 Å². The number of hydrogen-bond donors (Lipinski definition) is 1. The van der Waals surface area contributed by atoms with E-state index in [4.69, 9.17) is 20.8 Å². The summed E-state index contributed by atoms with van der Waals surface area (Å²) in [5, 5.41) is 3.10. The highest BCUT2D eigenvalue weighted by Gasteiger charge is 2.23. The number of nitrogens with one attached hydrogen (secondary N) is 1. The van der Waals surface area contributed by atoms with Crippen LogP contribution in [0.1, 0.15) is 30.6 Å². The first-order chi connectivity index (χ1) is 10.1. The second kappa shape index (κ2) is 7.82. The van der Waals surface area contributed by atoms with Crippen LogP contribution in [0.4, 0.5) is 0 Å².